The van der Waals surface area contributed by atoms with Gasteiger partial charge in [-0.15, -0.1) is 46.2 Å². The van der Waals surface area contributed by atoms with Crippen LogP contribution in [-0.2, 0) is 24.9 Å². The number of hydrogen-bond donors (Lipinski definition) is 1. The molecule has 0 aliphatic carbocycles. The maximum absolute atomic E-state index is 10.0. The third-order valence-electron chi connectivity index (χ3n) is 4.23. The summed E-state index contributed by atoms with van der Waals surface area (Å²) in [4.78, 5) is 14.9. The molecule has 0 saturated carbocycles. The summed E-state index contributed by atoms with van der Waals surface area (Å²) in [6.07, 6.45) is 1.17. The molecule has 4 rings (SSSR count). The smallest absolute Gasteiger partial charge is 0.155 e. The summed E-state index contributed by atoms with van der Waals surface area (Å²) in [7, 11) is 0. The number of rotatable bonds is 2. The first-order chi connectivity index (χ1) is 13.4. The fourth-order valence-corrected chi connectivity index (χ4v) is 4.07. The molecule has 0 aliphatic heterocycles. The van der Waals surface area contributed by atoms with Gasteiger partial charge in [0, 0.05) is 36.3 Å². The Hall–Kier alpha value is -2.33. The molecule has 0 bridgehead atoms. The van der Waals surface area contributed by atoms with E-state index in [1.165, 1.54) is 46.5 Å². The van der Waals surface area contributed by atoms with Crippen LogP contribution in [0.5, 0.6) is 0 Å². The fourth-order valence-electron chi connectivity index (χ4n) is 3.14. The second-order valence-electron chi connectivity index (χ2n) is 6.77. The van der Waals surface area contributed by atoms with E-state index in [4.69, 9.17) is 10.1 Å². The van der Waals surface area contributed by atoms with Crippen molar-refractivity contribution in [3.8, 4) is 11.3 Å². The molecule has 0 unspecified atom stereocenters. The van der Waals surface area contributed by atoms with Gasteiger partial charge < -0.3 is 5.11 Å². The van der Waals surface area contributed by atoms with Crippen LogP contribution in [0.25, 0.3) is 32.2 Å². The first-order valence-corrected chi connectivity index (χ1v) is 9.88. The van der Waals surface area contributed by atoms with E-state index >= 15 is 0 Å². The molecular weight excluding hydrogens is 559 g/mol. The van der Waals surface area contributed by atoms with Crippen molar-refractivity contribution in [3.63, 3.8) is 0 Å². The van der Waals surface area contributed by atoms with E-state index in [0.29, 0.717) is 0 Å². The second kappa shape index (κ2) is 9.93. The van der Waals surface area contributed by atoms with Crippen LogP contribution in [0.4, 0.5) is 0 Å². The average Bonchev–Trinajstić information content (AvgIpc) is 3.11. The van der Waals surface area contributed by atoms with Gasteiger partial charge in [0.25, 0.3) is 0 Å². The van der Waals surface area contributed by atoms with Gasteiger partial charge in [0.05, 0.1) is 11.3 Å². The minimum atomic E-state index is -0.125. The van der Waals surface area contributed by atoms with E-state index in [1.54, 1.807) is 11.3 Å². The molecule has 5 heteroatoms. The van der Waals surface area contributed by atoms with Crippen LogP contribution in [0.2, 0.25) is 0 Å². The van der Waals surface area contributed by atoms with Crippen molar-refractivity contribution in [1.29, 1.82) is 0 Å². The van der Waals surface area contributed by atoms with E-state index in [0.717, 1.165) is 16.8 Å². The van der Waals surface area contributed by atoms with Crippen LogP contribution in [0.15, 0.2) is 59.7 Å². The molecular formula is C24H22IrNO2S-. The summed E-state index contributed by atoms with van der Waals surface area (Å²) in [5, 5.41) is 13.0. The number of benzene rings is 2. The van der Waals surface area contributed by atoms with E-state index in [-0.39, 0.29) is 31.6 Å². The van der Waals surface area contributed by atoms with Crippen molar-refractivity contribution >= 4 is 38.1 Å². The number of aryl methyl sites for hydroxylation is 2. The van der Waals surface area contributed by atoms with Gasteiger partial charge in [-0.1, -0.05) is 38.1 Å². The van der Waals surface area contributed by atoms with Crippen molar-refractivity contribution in [2.45, 2.75) is 27.7 Å². The number of para-hydroxylation sites is 1. The zero-order valence-corrected chi connectivity index (χ0v) is 20.0. The van der Waals surface area contributed by atoms with Gasteiger partial charge in [-0.2, -0.15) is 0 Å². The van der Waals surface area contributed by atoms with E-state index in [9.17, 15) is 4.79 Å². The standard InChI is InChI=1S/C19H14NS.C5H8O2.Ir/c1-12-7-8-14(13(2)11-12)18-16-9-10-21-19(16)15-5-3-4-6-17(15)20-18;1-4(6)3-5(2)7;/h3-7,9-11H,1-2H3;3,6H,1-2H3;/q-1;;/b;4-3-;. The number of hydrogen-bond acceptors (Lipinski definition) is 4. The van der Waals surface area contributed by atoms with Gasteiger partial charge >= 0.3 is 0 Å². The number of aromatic nitrogens is 1. The van der Waals surface area contributed by atoms with Crippen LogP contribution in [0.3, 0.4) is 0 Å². The monoisotopic (exact) mass is 581 g/mol. The number of thiophene rings is 1. The third-order valence-corrected chi connectivity index (χ3v) is 5.18. The zero-order chi connectivity index (χ0) is 20.3. The van der Waals surface area contributed by atoms with Crippen LogP contribution in [-0.4, -0.2) is 15.9 Å². The minimum absolute atomic E-state index is 0. The Kier molecular flexibility index (Phi) is 7.86. The predicted molar refractivity (Wildman–Crippen MR) is 118 cm³/mol. The van der Waals surface area contributed by atoms with Crippen LogP contribution < -0.4 is 0 Å². The number of carbonyl (C=O) groups is 1. The van der Waals surface area contributed by atoms with Crippen molar-refractivity contribution in [2.24, 2.45) is 0 Å². The normalized spacial score (nSPS) is 11.0. The Bertz CT molecular complexity index is 1190. The third kappa shape index (κ3) is 5.39. The number of aliphatic hydroxyl groups is 1. The number of pyridine rings is 1. The van der Waals surface area contributed by atoms with Crippen molar-refractivity contribution in [1.82, 2.24) is 4.98 Å². The number of nitrogens with zero attached hydrogens (tertiary/aromatic N) is 1. The molecule has 2 aromatic carbocycles. The molecule has 0 spiro atoms. The summed E-state index contributed by atoms with van der Waals surface area (Å²) in [5.74, 6) is -0.0625. The SMILES string of the molecule is CC(=O)/C=C(/C)O.Cc1c[c-]c(-c2nc3ccccc3c3sccc23)c(C)c1.[Ir]. The zero-order valence-electron chi connectivity index (χ0n) is 16.7. The maximum atomic E-state index is 10.0. The molecule has 0 fully saturated rings. The summed E-state index contributed by atoms with van der Waals surface area (Å²) in [6.45, 7) is 7.08. The number of carbonyl (C=O) groups excluding carboxylic acids is 1. The van der Waals surface area contributed by atoms with Gasteiger partial charge in [-0.25, -0.2) is 0 Å². The van der Waals surface area contributed by atoms with Crippen LogP contribution in [0, 0.1) is 19.9 Å². The Labute approximate surface area is 188 Å². The largest absolute Gasteiger partial charge is 0.512 e. The van der Waals surface area contributed by atoms with E-state index in [1.807, 2.05) is 12.1 Å². The van der Waals surface area contributed by atoms with Gasteiger partial charge in [-0.3, -0.25) is 9.78 Å². The summed E-state index contributed by atoms with van der Waals surface area (Å²) >= 11 is 1.78. The second-order valence-corrected chi connectivity index (χ2v) is 7.69. The average molecular weight is 581 g/mol. The molecule has 29 heavy (non-hydrogen) atoms. The maximum Gasteiger partial charge on any atom is 0.155 e. The Balaban J connectivity index is 0.000000327. The fraction of sp³-hybridized carbons (Fsp3) is 0.167. The van der Waals surface area contributed by atoms with Crippen molar-refractivity contribution in [2.75, 3.05) is 0 Å². The van der Waals surface area contributed by atoms with E-state index < -0.39 is 0 Å². The summed E-state index contributed by atoms with van der Waals surface area (Å²) in [5.41, 5.74) is 5.66. The Morgan fingerprint density at radius 3 is 2.48 bits per heavy atom. The molecule has 0 saturated heterocycles. The molecule has 0 aliphatic rings. The number of allylic oxidation sites excluding steroid dienone is 2. The first-order valence-electron chi connectivity index (χ1n) is 9.00. The van der Waals surface area contributed by atoms with Crippen molar-refractivity contribution in [3.05, 3.63) is 76.9 Å². The predicted octanol–water partition coefficient (Wildman–Crippen LogP) is 6.57. The quantitative estimate of drug-likeness (QED) is 0.166. The Morgan fingerprint density at radius 2 is 1.86 bits per heavy atom. The van der Waals surface area contributed by atoms with Gasteiger partial charge in [0.2, 0.25) is 0 Å². The number of ketones is 1. The molecule has 4 aromatic rings. The molecule has 0 atom stereocenters. The number of aliphatic hydroxyl groups excluding tert-OH is 1. The van der Waals surface area contributed by atoms with Crippen LogP contribution in [0.1, 0.15) is 25.0 Å². The van der Waals surface area contributed by atoms with Gasteiger partial charge in [0.1, 0.15) is 0 Å². The molecule has 2 aromatic heterocycles. The van der Waals surface area contributed by atoms with Gasteiger partial charge in [0.15, 0.2) is 5.78 Å². The minimum Gasteiger partial charge on any atom is -0.512 e. The summed E-state index contributed by atoms with van der Waals surface area (Å²) < 4.78 is 1.31. The van der Waals surface area contributed by atoms with Crippen LogP contribution >= 0.6 is 11.3 Å². The molecule has 1 radical (unpaired) electrons. The first kappa shape index (κ1) is 23.0. The summed E-state index contributed by atoms with van der Waals surface area (Å²) in [6, 6.07) is 18.2. The molecule has 2 heterocycles. The molecule has 1 N–H and O–H groups in total. The molecule has 3 nitrogen and oxygen atoms in total. The van der Waals surface area contributed by atoms with E-state index in [2.05, 4.69) is 55.6 Å². The number of fused-ring (bicyclic) bond motifs is 3. The topological polar surface area (TPSA) is 50.2 Å². The van der Waals surface area contributed by atoms with Gasteiger partial charge in [-0.05, 0) is 36.4 Å². The molecule has 151 valence electrons. The Morgan fingerprint density at radius 1 is 1.14 bits per heavy atom. The molecule has 0 amide bonds. The van der Waals surface area contributed by atoms with Crippen molar-refractivity contribution < 1.29 is 30.0 Å².